The number of carbonyl (C=O) groups excluding carboxylic acids is 1. The van der Waals surface area contributed by atoms with Crippen molar-refractivity contribution in [1.82, 2.24) is 15.0 Å². The van der Waals surface area contributed by atoms with Crippen LogP contribution in [0.25, 0.3) is 0 Å². The number of amides is 2. The van der Waals surface area contributed by atoms with Gasteiger partial charge in [0.2, 0.25) is 5.89 Å². The zero-order valence-corrected chi connectivity index (χ0v) is 15.8. The molecule has 0 saturated heterocycles. The van der Waals surface area contributed by atoms with E-state index < -0.39 is 0 Å². The monoisotopic (exact) mass is 377 g/mol. The maximum atomic E-state index is 12.3. The van der Waals surface area contributed by atoms with Gasteiger partial charge in [-0.2, -0.15) is 4.98 Å². The molecule has 0 radical (unpaired) electrons. The number of hydrogen-bond donors (Lipinski definition) is 2. The maximum Gasteiger partial charge on any atom is 0.323 e. The molecule has 0 atom stereocenters. The minimum Gasteiger partial charge on any atom is -0.339 e. The molecule has 0 aliphatic carbocycles. The van der Waals surface area contributed by atoms with E-state index in [1.165, 1.54) is 11.1 Å². The summed E-state index contributed by atoms with van der Waals surface area (Å²) in [6.07, 6.45) is 1.60. The molecule has 0 fully saturated rings. The number of nitrogens with one attached hydrogen (secondary N) is 2. The second-order valence-electron chi connectivity index (χ2n) is 6.81. The molecule has 7 heteroatoms. The van der Waals surface area contributed by atoms with Gasteiger partial charge in [0, 0.05) is 30.9 Å². The fourth-order valence-electron chi connectivity index (χ4n) is 3.42. The molecule has 2 N–H and O–H groups in total. The van der Waals surface area contributed by atoms with Gasteiger partial charge in [-0.05, 0) is 35.7 Å². The highest BCUT2D eigenvalue weighted by Crippen LogP contribution is 2.27. The van der Waals surface area contributed by atoms with Gasteiger partial charge in [0.25, 0.3) is 0 Å². The lowest BCUT2D eigenvalue weighted by molar-refractivity contribution is 0.235. The predicted molar refractivity (Wildman–Crippen MR) is 107 cm³/mol. The van der Waals surface area contributed by atoms with E-state index in [9.17, 15) is 4.79 Å². The third-order valence-corrected chi connectivity index (χ3v) is 4.80. The van der Waals surface area contributed by atoms with Gasteiger partial charge >= 0.3 is 6.03 Å². The highest BCUT2D eigenvalue weighted by Gasteiger charge is 2.21. The van der Waals surface area contributed by atoms with Gasteiger partial charge in [-0.1, -0.05) is 42.4 Å². The summed E-state index contributed by atoms with van der Waals surface area (Å²) in [5.41, 5.74) is 4.02. The number of benzene rings is 2. The first-order valence-corrected chi connectivity index (χ1v) is 9.49. The smallest absolute Gasteiger partial charge is 0.323 e. The number of fused-ring (bicyclic) bond motifs is 1. The van der Waals surface area contributed by atoms with Crippen LogP contribution in [-0.4, -0.2) is 27.6 Å². The number of nitrogens with zero attached hydrogens (tertiary/aromatic N) is 3. The molecule has 144 valence electrons. The third kappa shape index (κ3) is 4.20. The van der Waals surface area contributed by atoms with E-state index >= 15 is 0 Å². The molecular weight excluding hydrogens is 354 g/mol. The average molecular weight is 377 g/mol. The largest absolute Gasteiger partial charge is 0.339 e. The zero-order chi connectivity index (χ0) is 19.3. The van der Waals surface area contributed by atoms with Gasteiger partial charge in [0.15, 0.2) is 5.82 Å². The SMILES string of the molecule is CCc1nc(CN2CCc3c(cccc3NC(=O)Nc3ccccc3)C2)no1. The van der Waals surface area contributed by atoms with Crippen LogP contribution in [-0.2, 0) is 25.9 Å². The zero-order valence-electron chi connectivity index (χ0n) is 15.8. The van der Waals surface area contributed by atoms with Crippen LogP contribution in [0.5, 0.6) is 0 Å². The van der Waals surface area contributed by atoms with Gasteiger partial charge in [-0.25, -0.2) is 4.79 Å². The summed E-state index contributed by atoms with van der Waals surface area (Å²) in [4.78, 5) is 19.0. The number of anilines is 2. The summed E-state index contributed by atoms with van der Waals surface area (Å²) in [7, 11) is 0. The average Bonchev–Trinajstić information content (AvgIpc) is 3.16. The molecule has 0 unspecified atom stereocenters. The summed E-state index contributed by atoms with van der Waals surface area (Å²) < 4.78 is 5.19. The molecule has 3 aromatic rings. The number of urea groups is 1. The Labute approximate surface area is 163 Å². The van der Waals surface area contributed by atoms with Gasteiger partial charge < -0.3 is 15.2 Å². The van der Waals surface area contributed by atoms with Crippen molar-refractivity contribution < 1.29 is 9.32 Å². The summed E-state index contributed by atoms with van der Waals surface area (Å²) in [6, 6.07) is 15.2. The van der Waals surface area contributed by atoms with Crippen LogP contribution in [0.2, 0.25) is 0 Å². The molecule has 4 rings (SSSR count). The van der Waals surface area contributed by atoms with E-state index in [1.807, 2.05) is 49.4 Å². The van der Waals surface area contributed by atoms with Crippen LogP contribution in [0.15, 0.2) is 53.1 Å². The van der Waals surface area contributed by atoms with Crippen LogP contribution in [0.1, 0.15) is 29.8 Å². The van der Waals surface area contributed by atoms with E-state index in [1.54, 1.807) is 0 Å². The van der Waals surface area contributed by atoms with E-state index in [0.29, 0.717) is 12.4 Å². The molecule has 28 heavy (non-hydrogen) atoms. The van der Waals surface area contributed by atoms with Gasteiger partial charge in [-0.3, -0.25) is 4.90 Å². The molecule has 2 amide bonds. The van der Waals surface area contributed by atoms with Crippen LogP contribution >= 0.6 is 0 Å². The molecule has 0 saturated carbocycles. The van der Waals surface area contributed by atoms with Crippen LogP contribution < -0.4 is 10.6 Å². The maximum absolute atomic E-state index is 12.3. The van der Waals surface area contributed by atoms with Gasteiger partial charge in [-0.15, -0.1) is 0 Å². The quantitative estimate of drug-likeness (QED) is 0.706. The van der Waals surface area contributed by atoms with Crippen molar-refractivity contribution >= 4 is 17.4 Å². The minimum atomic E-state index is -0.235. The van der Waals surface area contributed by atoms with Crippen LogP contribution in [0, 0.1) is 0 Å². The lowest BCUT2D eigenvalue weighted by Crippen LogP contribution is -2.31. The van der Waals surface area contributed by atoms with Crippen molar-refractivity contribution in [3.8, 4) is 0 Å². The van der Waals surface area contributed by atoms with Crippen molar-refractivity contribution in [3.05, 3.63) is 71.4 Å². The standard InChI is InChI=1S/C21H23N5O2/c1-2-20-24-19(25-28-20)14-26-12-11-17-15(13-26)7-6-10-18(17)23-21(27)22-16-8-4-3-5-9-16/h3-10H,2,11-14H2,1H3,(H2,22,23,27). The van der Waals surface area contributed by atoms with Crippen LogP contribution in [0.3, 0.4) is 0 Å². The number of rotatable bonds is 5. The number of aromatic nitrogens is 2. The number of hydrogen-bond acceptors (Lipinski definition) is 5. The lowest BCUT2D eigenvalue weighted by Gasteiger charge is -2.29. The molecule has 0 bridgehead atoms. The van der Waals surface area contributed by atoms with Crippen molar-refractivity contribution in [2.75, 3.05) is 17.2 Å². The first kappa shape index (κ1) is 18.2. The fourth-order valence-corrected chi connectivity index (χ4v) is 3.42. The molecule has 7 nitrogen and oxygen atoms in total. The summed E-state index contributed by atoms with van der Waals surface area (Å²) >= 11 is 0. The Morgan fingerprint density at radius 3 is 2.79 bits per heavy atom. The minimum absolute atomic E-state index is 0.235. The van der Waals surface area contributed by atoms with Crippen molar-refractivity contribution in [1.29, 1.82) is 0 Å². The van der Waals surface area contributed by atoms with E-state index in [4.69, 9.17) is 4.52 Å². The summed E-state index contributed by atoms with van der Waals surface area (Å²) in [5.74, 6) is 1.39. The topological polar surface area (TPSA) is 83.3 Å². The van der Waals surface area contributed by atoms with Crippen molar-refractivity contribution in [2.24, 2.45) is 0 Å². The molecule has 1 aromatic heterocycles. The summed E-state index contributed by atoms with van der Waals surface area (Å²) in [6.45, 7) is 4.33. The fraction of sp³-hybridized carbons (Fsp3) is 0.286. The Kier molecular flexibility index (Phi) is 5.34. The lowest BCUT2D eigenvalue weighted by atomic mass is 9.97. The summed E-state index contributed by atoms with van der Waals surface area (Å²) in [5, 5.41) is 9.89. The Balaban J connectivity index is 1.42. The first-order chi connectivity index (χ1) is 13.7. The molecule has 2 aromatic carbocycles. The second kappa shape index (κ2) is 8.22. The first-order valence-electron chi connectivity index (χ1n) is 9.49. The van der Waals surface area contributed by atoms with Crippen molar-refractivity contribution in [3.63, 3.8) is 0 Å². The molecule has 1 aliphatic rings. The Morgan fingerprint density at radius 2 is 2.00 bits per heavy atom. The highest BCUT2D eigenvalue weighted by atomic mass is 16.5. The normalized spacial score (nSPS) is 13.8. The Hall–Kier alpha value is -3.19. The highest BCUT2D eigenvalue weighted by molar-refractivity contribution is 6.00. The Bertz CT molecular complexity index is 954. The van der Waals surface area contributed by atoms with E-state index in [-0.39, 0.29) is 6.03 Å². The predicted octanol–water partition coefficient (Wildman–Crippen LogP) is 3.83. The van der Waals surface area contributed by atoms with E-state index in [0.717, 1.165) is 43.1 Å². The molecule has 0 spiro atoms. The molecule has 2 heterocycles. The van der Waals surface area contributed by atoms with Gasteiger partial charge in [0.1, 0.15) is 0 Å². The Morgan fingerprint density at radius 1 is 1.14 bits per heavy atom. The second-order valence-corrected chi connectivity index (χ2v) is 6.81. The van der Waals surface area contributed by atoms with Crippen molar-refractivity contribution in [2.45, 2.75) is 32.9 Å². The number of carbonyl (C=O) groups is 1. The number of aryl methyl sites for hydroxylation is 1. The molecule has 1 aliphatic heterocycles. The third-order valence-electron chi connectivity index (χ3n) is 4.80. The van der Waals surface area contributed by atoms with Crippen LogP contribution in [0.4, 0.5) is 16.2 Å². The van der Waals surface area contributed by atoms with E-state index in [2.05, 4.69) is 31.7 Å². The van der Waals surface area contributed by atoms with Gasteiger partial charge in [0.05, 0.1) is 6.54 Å². The molecular formula is C21H23N5O2. The number of para-hydroxylation sites is 1.